The van der Waals surface area contributed by atoms with Crippen LogP contribution in [0.1, 0.15) is 26.7 Å². The van der Waals surface area contributed by atoms with Crippen LogP contribution in [-0.2, 0) is 14.4 Å². The molecule has 0 saturated heterocycles. The molecule has 3 amide bonds. The van der Waals surface area contributed by atoms with E-state index >= 15 is 0 Å². The second-order valence-corrected chi connectivity index (χ2v) is 4.70. The predicted octanol–water partition coefficient (Wildman–Crippen LogP) is 1.38. The number of amides is 3. The summed E-state index contributed by atoms with van der Waals surface area (Å²) < 4.78 is 0. The zero-order valence-electron chi connectivity index (χ0n) is 12.8. The lowest BCUT2D eigenvalue weighted by atomic mass is 10.2. The monoisotopic (exact) mass is 315 g/mol. The minimum atomic E-state index is -0.527. The van der Waals surface area contributed by atoms with Crippen LogP contribution in [0.2, 0.25) is 0 Å². The largest absolute Gasteiger partial charge is 0.326 e. The molecule has 3 N–H and O–H groups in total. The molecule has 0 bridgehead atoms. The lowest BCUT2D eigenvalue weighted by Crippen LogP contribution is -2.20. The molecule has 0 spiro atoms. The van der Waals surface area contributed by atoms with Crippen LogP contribution in [0.3, 0.4) is 0 Å². The quantitative estimate of drug-likeness (QED) is 0.542. The molecule has 0 aliphatic heterocycles. The molecule has 0 heterocycles. The molecule has 8 nitrogen and oxygen atoms in total. The molecular formula is C15H17N5O3. The lowest BCUT2D eigenvalue weighted by molar-refractivity contribution is -0.120. The summed E-state index contributed by atoms with van der Waals surface area (Å²) in [5.74, 6) is -0.999. The highest BCUT2D eigenvalue weighted by molar-refractivity contribution is 6.05. The number of carbonyl (C=O) groups excluding carboxylic acids is 3. The van der Waals surface area contributed by atoms with Crippen molar-refractivity contribution >= 4 is 34.8 Å². The number of nitrogens with one attached hydrogen (secondary N) is 3. The molecule has 0 aliphatic rings. The van der Waals surface area contributed by atoms with Gasteiger partial charge in [-0.25, -0.2) is 5.43 Å². The van der Waals surface area contributed by atoms with Gasteiger partial charge in [0.25, 0.3) is 5.91 Å². The molecule has 1 aromatic rings. The SMILES string of the molecule is CC(=O)Nc1ccc(NC(=O)CC(C)=NNC(=O)CC#N)cc1. The van der Waals surface area contributed by atoms with Gasteiger partial charge in [0.2, 0.25) is 11.8 Å². The van der Waals surface area contributed by atoms with Crippen LogP contribution in [0.15, 0.2) is 29.4 Å². The Balaban J connectivity index is 2.50. The Labute approximate surface area is 133 Å². The van der Waals surface area contributed by atoms with Crippen LogP contribution >= 0.6 is 0 Å². The number of hydrogen-bond acceptors (Lipinski definition) is 5. The van der Waals surface area contributed by atoms with Crippen molar-refractivity contribution in [2.24, 2.45) is 5.10 Å². The number of benzene rings is 1. The molecule has 8 heteroatoms. The number of rotatable bonds is 6. The Bertz CT molecular complexity index is 659. The van der Waals surface area contributed by atoms with Gasteiger partial charge in [0, 0.05) is 24.0 Å². The van der Waals surface area contributed by atoms with E-state index in [0.29, 0.717) is 17.1 Å². The third-order valence-corrected chi connectivity index (χ3v) is 2.52. The van der Waals surface area contributed by atoms with E-state index in [1.807, 2.05) is 0 Å². The van der Waals surface area contributed by atoms with Gasteiger partial charge in [0.05, 0.1) is 12.5 Å². The molecule has 0 aromatic heterocycles. The van der Waals surface area contributed by atoms with Crippen molar-refractivity contribution in [2.75, 3.05) is 10.6 Å². The van der Waals surface area contributed by atoms with Crippen molar-refractivity contribution in [3.05, 3.63) is 24.3 Å². The molecule has 0 unspecified atom stereocenters. The average Bonchev–Trinajstić information content (AvgIpc) is 2.47. The molecular weight excluding hydrogens is 298 g/mol. The summed E-state index contributed by atoms with van der Waals surface area (Å²) >= 11 is 0. The lowest BCUT2D eigenvalue weighted by Gasteiger charge is -2.07. The van der Waals surface area contributed by atoms with Gasteiger partial charge in [-0.1, -0.05) is 0 Å². The summed E-state index contributed by atoms with van der Waals surface area (Å²) in [6.07, 6.45) is -0.288. The summed E-state index contributed by atoms with van der Waals surface area (Å²) in [4.78, 5) is 33.8. The summed E-state index contributed by atoms with van der Waals surface area (Å²) in [5, 5.41) is 17.4. The van der Waals surface area contributed by atoms with E-state index in [2.05, 4.69) is 21.2 Å². The van der Waals surface area contributed by atoms with Gasteiger partial charge in [0.1, 0.15) is 6.42 Å². The van der Waals surface area contributed by atoms with Crippen molar-refractivity contribution in [2.45, 2.75) is 26.7 Å². The van der Waals surface area contributed by atoms with Crippen LogP contribution in [0.25, 0.3) is 0 Å². The van der Waals surface area contributed by atoms with E-state index < -0.39 is 5.91 Å². The molecule has 23 heavy (non-hydrogen) atoms. The molecule has 120 valence electrons. The van der Waals surface area contributed by atoms with E-state index in [1.165, 1.54) is 6.92 Å². The number of hydrogen-bond donors (Lipinski definition) is 3. The number of nitriles is 1. The zero-order valence-corrected chi connectivity index (χ0v) is 12.8. The molecule has 0 saturated carbocycles. The summed E-state index contributed by atoms with van der Waals surface area (Å²) in [5.41, 5.74) is 3.80. The maximum Gasteiger partial charge on any atom is 0.254 e. The predicted molar refractivity (Wildman–Crippen MR) is 85.5 cm³/mol. The zero-order chi connectivity index (χ0) is 17.2. The van der Waals surface area contributed by atoms with Gasteiger partial charge < -0.3 is 10.6 Å². The fourth-order valence-electron chi connectivity index (χ4n) is 1.59. The van der Waals surface area contributed by atoms with E-state index in [9.17, 15) is 14.4 Å². The van der Waals surface area contributed by atoms with Gasteiger partial charge in [-0.2, -0.15) is 10.4 Å². The Morgan fingerprint density at radius 2 is 1.61 bits per heavy atom. The van der Waals surface area contributed by atoms with Gasteiger partial charge in [-0.15, -0.1) is 0 Å². The minimum Gasteiger partial charge on any atom is -0.326 e. The van der Waals surface area contributed by atoms with Crippen LogP contribution in [0, 0.1) is 11.3 Å². The first-order chi connectivity index (χ1) is 10.9. The first-order valence-electron chi connectivity index (χ1n) is 6.77. The van der Waals surface area contributed by atoms with Crippen molar-refractivity contribution in [3.63, 3.8) is 0 Å². The topological polar surface area (TPSA) is 123 Å². The van der Waals surface area contributed by atoms with Gasteiger partial charge in [-0.3, -0.25) is 14.4 Å². The highest BCUT2D eigenvalue weighted by atomic mass is 16.2. The highest BCUT2D eigenvalue weighted by Crippen LogP contribution is 2.13. The smallest absolute Gasteiger partial charge is 0.254 e. The highest BCUT2D eigenvalue weighted by Gasteiger charge is 2.06. The Kier molecular flexibility index (Phi) is 6.94. The van der Waals surface area contributed by atoms with Crippen LogP contribution < -0.4 is 16.1 Å². The van der Waals surface area contributed by atoms with E-state index in [-0.39, 0.29) is 24.7 Å². The second kappa shape index (κ2) is 8.94. The third kappa shape index (κ3) is 7.38. The van der Waals surface area contributed by atoms with Crippen LogP contribution in [0.5, 0.6) is 0 Å². The molecule has 1 rings (SSSR count). The first kappa shape index (κ1) is 17.8. The molecule has 0 atom stereocenters. The molecule has 0 radical (unpaired) electrons. The first-order valence-corrected chi connectivity index (χ1v) is 6.77. The molecule has 1 aromatic carbocycles. The van der Waals surface area contributed by atoms with E-state index in [1.54, 1.807) is 37.3 Å². The summed E-state index contributed by atoms with van der Waals surface area (Å²) in [6, 6.07) is 8.34. The standard InChI is InChI=1S/C15H17N5O3/c1-10(19-20-14(22)7-8-16)9-15(23)18-13-5-3-12(4-6-13)17-11(2)21/h3-6H,7,9H2,1-2H3,(H,17,21)(H,18,23)(H,20,22). The number of anilines is 2. The Morgan fingerprint density at radius 3 is 2.13 bits per heavy atom. The van der Waals surface area contributed by atoms with Crippen molar-refractivity contribution < 1.29 is 14.4 Å². The van der Waals surface area contributed by atoms with Crippen LogP contribution in [0.4, 0.5) is 11.4 Å². The third-order valence-electron chi connectivity index (χ3n) is 2.52. The van der Waals surface area contributed by atoms with Gasteiger partial charge in [-0.05, 0) is 31.2 Å². The van der Waals surface area contributed by atoms with Crippen molar-refractivity contribution in [3.8, 4) is 6.07 Å². The maximum absolute atomic E-state index is 11.8. The Hall–Kier alpha value is -3.21. The van der Waals surface area contributed by atoms with Crippen LogP contribution in [-0.4, -0.2) is 23.4 Å². The minimum absolute atomic E-state index is 0.000279. The van der Waals surface area contributed by atoms with E-state index in [4.69, 9.17) is 5.26 Å². The number of hydrazone groups is 1. The fraction of sp³-hybridized carbons (Fsp3) is 0.267. The number of carbonyl (C=O) groups is 3. The molecule has 0 fully saturated rings. The van der Waals surface area contributed by atoms with Crippen molar-refractivity contribution in [1.29, 1.82) is 5.26 Å². The summed E-state index contributed by atoms with van der Waals surface area (Å²) in [7, 11) is 0. The normalized spacial score (nSPS) is 10.4. The fourth-order valence-corrected chi connectivity index (χ4v) is 1.59. The van der Waals surface area contributed by atoms with Gasteiger partial charge >= 0.3 is 0 Å². The van der Waals surface area contributed by atoms with Crippen molar-refractivity contribution in [1.82, 2.24) is 5.43 Å². The summed E-state index contributed by atoms with van der Waals surface area (Å²) in [6.45, 7) is 3.00. The maximum atomic E-state index is 11.8. The number of nitrogens with zero attached hydrogens (tertiary/aromatic N) is 2. The van der Waals surface area contributed by atoms with E-state index in [0.717, 1.165) is 0 Å². The Morgan fingerprint density at radius 1 is 1.04 bits per heavy atom. The average molecular weight is 315 g/mol. The second-order valence-electron chi connectivity index (χ2n) is 4.70. The van der Waals surface area contributed by atoms with Gasteiger partial charge in [0.15, 0.2) is 0 Å². The molecule has 0 aliphatic carbocycles.